The third-order valence-corrected chi connectivity index (χ3v) is 5.98. The van der Waals surface area contributed by atoms with Crippen molar-refractivity contribution in [3.63, 3.8) is 0 Å². The fourth-order valence-corrected chi connectivity index (χ4v) is 4.27. The summed E-state index contributed by atoms with van der Waals surface area (Å²) in [5, 5.41) is 2.31. The average Bonchev–Trinajstić information content (AvgIpc) is 3.11. The molecule has 1 aromatic carbocycles. The fraction of sp³-hybridized carbons (Fsp3) is 0.259. The Morgan fingerprint density at radius 2 is 1.92 bits per heavy atom. The van der Waals surface area contributed by atoms with E-state index in [1.807, 2.05) is 48.5 Å². The zero-order valence-electron chi connectivity index (χ0n) is 19.9. The van der Waals surface area contributed by atoms with E-state index in [-0.39, 0.29) is 42.5 Å². The van der Waals surface area contributed by atoms with Crippen LogP contribution in [0, 0.1) is 12.8 Å². The second kappa shape index (κ2) is 12.6. The van der Waals surface area contributed by atoms with E-state index >= 15 is 0 Å². The number of benzene rings is 1. The van der Waals surface area contributed by atoms with Crippen LogP contribution in [-0.4, -0.2) is 52.1 Å². The number of aromatic nitrogens is 3. The molecule has 1 aliphatic heterocycles. The van der Waals surface area contributed by atoms with Gasteiger partial charge in [-0.1, -0.05) is 24.3 Å². The van der Waals surface area contributed by atoms with Crippen molar-refractivity contribution in [1.29, 1.82) is 0 Å². The molecule has 4 heterocycles. The van der Waals surface area contributed by atoms with E-state index < -0.39 is 0 Å². The summed E-state index contributed by atoms with van der Waals surface area (Å²) in [6, 6.07) is 15.4. The minimum atomic E-state index is -0.116. The summed E-state index contributed by atoms with van der Waals surface area (Å²) < 4.78 is 11.8. The molecule has 0 aliphatic carbocycles. The number of hydrogen-bond acceptors (Lipinski definition) is 6. The number of nitrogens with zero attached hydrogens (tertiary/aromatic N) is 4. The van der Waals surface area contributed by atoms with Gasteiger partial charge in [-0.05, 0) is 48.6 Å². The van der Waals surface area contributed by atoms with E-state index in [1.54, 1.807) is 24.5 Å². The van der Waals surface area contributed by atoms with Gasteiger partial charge in [-0.25, -0.2) is 4.98 Å². The molecule has 0 radical (unpaired) electrons. The highest BCUT2D eigenvalue weighted by Gasteiger charge is 2.26. The number of carbonyl (C=O) groups excluding carboxylic acids is 1. The summed E-state index contributed by atoms with van der Waals surface area (Å²) in [6.07, 6.45) is 7.83. The van der Waals surface area contributed by atoms with E-state index in [2.05, 4.69) is 27.1 Å². The SMILES string of the molecule is Cc1ccc(Oc2ncccc2C(=O)N2CCOCC(Cc3cncc4ccccc34)C2)cn1.Cl.Cl. The number of carbonyl (C=O) groups is 1. The zero-order valence-corrected chi connectivity index (χ0v) is 21.5. The van der Waals surface area contributed by atoms with E-state index in [0.717, 1.165) is 17.5 Å². The monoisotopic (exact) mass is 526 g/mol. The first-order valence-electron chi connectivity index (χ1n) is 11.4. The van der Waals surface area contributed by atoms with Crippen molar-refractivity contribution in [2.24, 2.45) is 5.92 Å². The molecule has 36 heavy (non-hydrogen) atoms. The molecule has 1 aliphatic rings. The van der Waals surface area contributed by atoms with Gasteiger partial charge in [0.05, 0.1) is 19.4 Å². The van der Waals surface area contributed by atoms with Crippen molar-refractivity contribution in [3.8, 4) is 11.6 Å². The lowest BCUT2D eigenvalue weighted by Gasteiger charge is -2.24. The van der Waals surface area contributed by atoms with Crippen molar-refractivity contribution in [1.82, 2.24) is 19.9 Å². The Bertz CT molecular complexity index is 1300. The Hall–Kier alpha value is -3.26. The lowest BCUT2D eigenvalue weighted by atomic mass is 9.96. The molecule has 1 fully saturated rings. The van der Waals surface area contributed by atoms with Crippen LogP contribution in [0.4, 0.5) is 0 Å². The Kier molecular flexibility index (Phi) is 9.58. The maximum atomic E-state index is 13.6. The molecule has 3 aromatic heterocycles. The molecule has 1 atom stereocenters. The lowest BCUT2D eigenvalue weighted by Crippen LogP contribution is -2.36. The van der Waals surface area contributed by atoms with Crippen LogP contribution >= 0.6 is 24.8 Å². The predicted molar refractivity (Wildman–Crippen MR) is 143 cm³/mol. The van der Waals surface area contributed by atoms with Gasteiger partial charge in [-0.3, -0.25) is 14.8 Å². The molecule has 188 valence electrons. The summed E-state index contributed by atoms with van der Waals surface area (Å²) in [4.78, 5) is 28.4. The van der Waals surface area contributed by atoms with Crippen molar-refractivity contribution in [2.75, 3.05) is 26.3 Å². The molecule has 0 N–H and O–H groups in total. The maximum Gasteiger partial charge on any atom is 0.259 e. The molecular weight excluding hydrogens is 499 g/mol. The normalized spacial score (nSPS) is 15.4. The van der Waals surface area contributed by atoms with Gasteiger partial charge < -0.3 is 14.4 Å². The fourth-order valence-electron chi connectivity index (χ4n) is 4.27. The summed E-state index contributed by atoms with van der Waals surface area (Å²) in [7, 11) is 0. The Labute approximate surface area is 222 Å². The first-order chi connectivity index (χ1) is 16.7. The van der Waals surface area contributed by atoms with Crippen LogP contribution in [0.2, 0.25) is 0 Å². The largest absolute Gasteiger partial charge is 0.437 e. The first-order valence-corrected chi connectivity index (χ1v) is 11.4. The maximum absolute atomic E-state index is 13.6. The van der Waals surface area contributed by atoms with E-state index in [0.29, 0.717) is 37.6 Å². The number of aryl methyl sites for hydroxylation is 1. The van der Waals surface area contributed by atoms with Gasteiger partial charge in [0.15, 0.2) is 0 Å². The number of ether oxygens (including phenoxy) is 2. The first kappa shape index (κ1) is 27.3. The van der Waals surface area contributed by atoms with Crippen molar-refractivity contribution in [3.05, 3.63) is 90.1 Å². The third-order valence-electron chi connectivity index (χ3n) is 5.98. The molecule has 0 saturated carbocycles. The van der Waals surface area contributed by atoms with Crippen LogP contribution in [0.25, 0.3) is 10.8 Å². The Balaban J connectivity index is 0.00000180. The van der Waals surface area contributed by atoms with Gasteiger partial charge in [0.1, 0.15) is 11.3 Å². The number of amides is 1. The smallest absolute Gasteiger partial charge is 0.259 e. The second-order valence-electron chi connectivity index (χ2n) is 8.51. The summed E-state index contributed by atoms with van der Waals surface area (Å²) >= 11 is 0. The van der Waals surface area contributed by atoms with Gasteiger partial charge in [0.25, 0.3) is 5.91 Å². The van der Waals surface area contributed by atoms with E-state index in [1.165, 1.54) is 10.9 Å². The van der Waals surface area contributed by atoms with Gasteiger partial charge in [0, 0.05) is 48.7 Å². The number of hydrogen-bond donors (Lipinski definition) is 0. The quantitative estimate of drug-likeness (QED) is 0.351. The van der Waals surface area contributed by atoms with Crippen LogP contribution in [-0.2, 0) is 11.2 Å². The minimum Gasteiger partial charge on any atom is -0.437 e. The van der Waals surface area contributed by atoms with Gasteiger partial charge >= 0.3 is 0 Å². The number of fused-ring (bicyclic) bond motifs is 1. The Morgan fingerprint density at radius 3 is 2.75 bits per heavy atom. The molecule has 1 saturated heterocycles. The van der Waals surface area contributed by atoms with Crippen molar-refractivity contribution < 1.29 is 14.3 Å². The molecule has 0 bridgehead atoms. The average molecular weight is 527 g/mol. The zero-order chi connectivity index (χ0) is 23.3. The third kappa shape index (κ3) is 6.29. The summed E-state index contributed by atoms with van der Waals surface area (Å²) in [5.74, 6) is 0.855. The highest BCUT2D eigenvalue weighted by Crippen LogP contribution is 2.26. The van der Waals surface area contributed by atoms with Gasteiger partial charge in [-0.15, -0.1) is 24.8 Å². The van der Waals surface area contributed by atoms with Gasteiger partial charge in [-0.2, -0.15) is 0 Å². The van der Waals surface area contributed by atoms with Crippen molar-refractivity contribution >= 4 is 41.5 Å². The molecule has 1 unspecified atom stereocenters. The topological polar surface area (TPSA) is 77.4 Å². The van der Waals surface area contributed by atoms with Crippen LogP contribution in [0.1, 0.15) is 21.6 Å². The van der Waals surface area contributed by atoms with Crippen LogP contribution < -0.4 is 4.74 Å². The molecule has 9 heteroatoms. The lowest BCUT2D eigenvalue weighted by molar-refractivity contribution is 0.0734. The van der Waals surface area contributed by atoms with Crippen LogP contribution in [0.3, 0.4) is 0 Å². The molecular formula is C27H28Cl2N4O3. The minimum absolute atomic E-state index is 0. The number of rotatable bonds is 5. The highest BCUT2D eigenvalue weighted by atomic mass is 35.5. The molecule has 5 rings (SSSR count). The Morgan fingerprint density at radius 1 is 1.06 bits per heavy atom. The number of halogens is 2. The van der Waals surface area contributed by atoms with Crippen molar-refractivity contribution in [2.45, 2.75) is 13.3 Å². The summed E-state index contributed by atoms with van der Waals surface area (Å²) in [6.45, 7) is 4.10. The highest BCUT2D eigenvalue weighted by molar-refractivity contribution is 5.96. The molecule has 0 spiro atoms. The second-order valence-corrected chi connectivity index (χ2v) is 8.51. The van der Waals surface area contributed by atoms with Gasteiger partial charge in [0.2, 0.25) is 5.88 Å². The van der Waals surface area contributed by atoms with E-state index in [9.17, 15) is 4.79 Å². The number of pyridine rings is 3. The molecule has 4 aromatic rings. The molecule has 7 nitrogen and oxygen atoms in total. The molecule has 1 amide bonds. The summed E-state index contributed by atoms with van der Waals surface area (Å²) in [5.41, 5.74) is 2.48. The van der Waals surface area contributed by atoms with E-state index in [4.69, 9.17) is 9.47 Å². The predicted octanol–water partition coefficient (Wildman–Crippen LogP) is 5.30. The van der Waals surface area contributed by atoms with Crippen LogP contribution in [0.15, 0.2) is 73.3 Å². The standard InChI is InChI=1S/C27H26N4O3.2ClH/c1-19-8-9-23(16-30-19)34-26-25(7-4-10-29-26)27(32)31-11-12-33-18-20(17-31)13-22-15-28-14-21-5-2-3-6-24(21)22;;/h2-10,14-16,20H,11-13,17-18H2,1H3;2*1H. The van der Waals surface area contributed by atoms with Crippen LogP contribution in [0.5, 0.6) is 11.6 Å².